The van der Waals surface area contributed by atoms with Crippen LogP contribution in [0.25, 0.3) is 5.69 Å². The predicted molar refractivity (Wildman–Crippen MR) is 91.6 cm³/mol. The minimum Gasteiger partial charge on any atom is -0.370 e. The van der Waals surface area contributed by atoms with Gasteiger partial charge >= 0.3 is 0 Å². The predicted octanol–water partition coefficient (Wildman–Crippen LogP) is 4.05. The van der Waals surface area contributed by atoms with Gasteiger partial charge in [-0.05, 0) is 43.6 Å². The maximum absolute atomic E-state index is 4.94. The van der Waals surface area contributed by atoms with Crippen molar-refractivity contribution in [1.29, 1.82) is 0 Å². The molecule has 3 nitrogen and oxygen atoms in total. The molecule has 0 spiro atoms. The van der Waals surface area contributed by atoms with Crippen LogP contribution in [0.3, 0.4) is 0 Å². The van der Waals surface area contributed by atoms with Crippen molar-refractivity contribution in [2.45, 2.75) is 38.4 Å². The van der Waals surface area contributed by atoms with E-state index in [4.69, 9.17) is 5.10 Å². The summed E-state index contributed by atoms with van der Waals surface area (Å²) in [5.74, 6) is 2.21. The van der Waals surface area contributed by atoms with E-state index in [1.54, 1.807) is 0 Å². The molecule has 0 amide bonds. The van der Waals surface area contributed by atoms with Gasteiger partial charge in [-0.25, -0.2) is 4.68 Å². The van der Waals surface area contributed by atoms with E-state index in [2.05, 4.69) is 47.4 Å². The molecule has 1 aliphatic heterocycles. The summed E-state index contributed by atoms with van der Waals surface area (Å²) in [6.45, 7) is 3.25. The number of thioether (sulfide) groups is 1. The Balaban J connectivity index is 2.13. The summed E-state index contributed by atoms with van der Waals surface area (Å²) in [7, 11) is 0. The van der Waals surface area contributed by atoms with E-state index in [-0.39, 0.29) is 0 Å². The number of nitrogens with zero attached hydrogens (tertiary/aromatic N) is 2. The van der Waals surface area contributed by atoms with Crippen molar-refractivity contribution < 1.29 is 0 Å². The summed E-state index contributed by atoms with van der Waals surface area (Å²) < 4.78 is 2.14. The number of hydrogen-bond acceptors (Lipinski definition) is 3. The van der Waals surface area contributed by atoms with Gasteiger partial charge in [0.15, 0.2) is 0 Å². The highest BCUT2D eigenvalue weighted by Crippen LogP contribution is 2.30. The maximum Gasteiger partial charge on any atom is 0.133 e. The SMILES string of the molecule is CCc1ccccc1-n1nc(CSC)c2c1NCCCC2. The highest BCUT2D eigenvalue weighted by atomic mass is 32.2. The van der Waals surface area contributed by atoms with Gasteiger partial charge < -0.3 is 5.32 Å². The Morgan fingerprint density at radius 3 is 2.95 bits per heavy atom. The molecule has 0 saturated carbocycles. The molecular formula is C17H23N3S. The van der Waals surface area contributed by atoms with Crippen molar-refractivity contribution in [2.75, 3.05) is 18.1 Å². The lowest BCUT2D eigenvalue weighted by Gasteiger charge is -2.12. The Bertz CT molecular complexity index is 618. The van der Waals surface area contributed by atoms with Crippen LogP contribution in [0, 0.1) is 0 Å². The Morgan fingerprint density at radius 1 is 1.29 bits per heavy atom. The quantitative estimate of drug-likeness (QED) is 0.924. The van der Waals surface area contributed by atoms with Crippen LogP contribution < -0.4 is 5.32 Å². The summed E-state index contributed by atoms with van der Waals surface area (Å²) in [6, 6.07) is 8.60. The second-order valence-electron chi connectivity index (χ2n) is 5.48. The van der Waals surface area contributed by atoms with Crippen molar-refractivity contribution in [3.8, 4) is 5.69 Å². The van der Waals surface area contributed by atoms with Crippen LogP contribution >= 0.6 is 11.8 Å². The molecule has 0 atom stereocenters. The number of rotatable bonds is 4. The van der Waals surface area contributed by atoms with Crippen molar-refractivity contribution in [1.82, 2.24) is 9.78 Å². The smallest absolute Gasteiger partial charge is 0.133 e. The zero-order valence-electron chi connectivity index (χ0n) is 12.9. The van der Waals surface area contributed by atoms with Gasteiger partial charge in [0.25, 0.3) is 0 Å². The fourth-order valence-electron chi connectivity index (χ4n) is 3.02. The molecule has 1 aromatic carbocycles. The van der Waals surface area contributed by atoms with E-state index >= 15 is 0 Å². The molecule has 1 aromatic heterocycles. The Labute approximate surface area is 131 Å². The first kappa shape index (κ1) is 14.5. The molecule has 4 heteroatoms. The van der Waals surface area contributed by atoms with E-state index in [1.165, 1.54) is 41.2 Å². The van der Waals surface area contributed by atoms with Gasteiger partial charge in [-0.2, -0.15) is 16.9 Å². The summed E-state index contributed by atoms with van der Waals surface area (Å²) in [4.78, 5) is 0. The number of benzene rings is 1. The van der Waals surface area contributed by atoms with E-state index in [1.807, 2.05) is 11.8 Å². The van der Waals surface area contributed by atoms with E-state index < -0.39 is 0 Å². The van der Waals surface area contributed by atoms with Gasteiger partial charge in [0.1, 0.15) is 5.82 Å². The van der Waals surface area contributed by atoms with Gasteiger partial charge in [0, 0.05) is 17.9 Å². The van der Waals surface area contributed by atoms with Gasteiger partial charge in [0.2, 0.25) is 0 Å². The van der Waals surface area contributed by atoms with E-state index in [9.17, 15) is 0 Å². The number of anilines is 1. The molecule has 2 aromatic rings. The van der Waals surface area contributed by atoms with Crippen molar-refractivity contribution in [3.63, 3.8) is 0 Å². The molecule has 0 fully saturated rings. The van der Waals surface area contributed by atoms with Crippen LogP contribution in [0.2, 0.25) is 0 Å². The van der Waals surface area contributed by atoms with Gasteiger partial charge in [0.05, 0.1) is 11.4 Å². The van der Waals surface area contributed by atoms with E-state index in [0.717, 1.165) is 25.1 Å². The van der Waals surface area contributed by atoms with Crippen molar-refractivity contribution in [2.24, 2.45) is 0 Å². The van der Waals surface area contributed by atoms with Crippen LogP contribution in [-0.2, 0) is 18.6 Å². The first-order chi connectivity index (χ1) is 10.3. The number of para-hydroxylation sites is 1. The summed E-state index contributed by atoms with van der Waals surface area (Å²) in [5.41, 5.74) is 5.24. The minimum atomic E-state index is 0.991. The van der Waals surface area contributed by atoms with Crippen LogP contribution in [0.1, 0.15) is 36.6 Å². The van der Waals surface area contributed by atoms with Crippen molar-refractivity contribution in [3.05, 3.63) is 41.1 Å². The van der Waals surface area contributed by atoms with Crippen LogP contribution in [0.15, 0.2) is 24.3 Å². The van der Waals surface area contributed by atoms with Crippen molar-refractivity contribution >= 4 is 17.6 Å². The lowest BCUT2D eigenvalue weighted by molar-refractivity contribution is 0.770. The van der Waals surface area contributed by atoms with Gasteiger partial charge in [-0.1, -0.05) is 25.1 Å². The van der Waals surface area contributed by atoms with Crippen LogP contribution in [0.5, 0.6) is 0 Å². The molecule has 0 unspecified atom stereocenters. The topological polar surface area (TPSA) is 29.9 Å². The molecule has 0 radical (unpaired) electrons. The molecule has 1 aliphatic rings. The third kappa shape index (κ3) is 2.82. The van der Waals surface area contributed by atoms with Gasteiger partial charge in [-0.15, -0.1) is 0 Å². The normalized spacial score (nSPS) is 14.4. The van der Waals surface area contributed by atoms with Crippen LogP contribution in [-0.4, -0.2) is 22.6 Å². The second kappa shape index (κ2) is 6.56. The monoisotopic (exact) mass is 301 g/mol. The number of aryl methyl sites for hydroxylation is 1. The molecule has 2 heterocycles. The first-order valence-corrected chi connectivity index (χ1v) is 9.16. The Kier molecular flexibility index (Phi) is 4.54. The summed E-state index contributed by atoms with van der Waals surface area (Å²) >= 11 is 1.85. The lowest BCUT2D eigenvalue weighted by atomic mass is 10.1. The first-order valence-electron chi connectivity index (χ1n) is 7.77. The number of nitrogens with one attached hydrogen (secondary N) is 1. The molecule has 0 bridgehead atoms. The Hall–Kier alpha value is -1.42. The average Bonchev–Trinajstić information content (AvgIpc) is 2.71. The maximum atomic E-state index is 4.94. The third-order valence-electron chi connectivity index (χ3n) is 4.09. The lowest BCUT2D eigenvalue weighted by Crippen LogP contribution is -2.08. The second-order valence-corrected chi connectivity index (χ2v) is 6.35. The minimum absolute atomic E-state index is 0.991. The average molecular weight is 301 g/mol. The molecule has 0 aliphatic carbocycles. The zero-order chi connectivity index (χ0) is 14.7. The fraction of sp³-hybridized carbons (Fsp3) is 0.471. The third-order valence-corrected chi connectivity index (χ3v) is 4.66. The molecule has 3 rings (SSSR count). The molecule has 1 N–H and O–H groups in total. The highest BCUT2D eigenvalue weighted by molar-refractivity contribution is 7.97. The molecule has 112 valence electrons. The molecular weight excluding hydrogens is 278 g/mol. The zero-order valence-corrected chi connectivity index (χ0v) is 13.7. The standard InChI is InChI=1S/C17H23N3S/c1-3-13-8-4-5-10-16(13)20-17-14(9-6-7-11-18-17)15(19-20)12-21-2/h4-5,8,10,18H,3,6-7,9,11-12H2,1-2H3. The largest absolute Gasteiger partial charge is 0.370 e. The van der Waals surface area contributed by atoms with Crippen LogP contribution in [0.4, 0.5) is 5.82 Å². The van der Waals surface area contributed by atoms with E-state index in [0.29, 0.717) is 0 Å². The van der Waals surface area contributed by atoms with Gasteiger partial charge in [-0.3, -0.25) is 0 Å². The fourth-order valence-corrected chi connectivity index (χ4v) is 3.52. The number of aromatic nitrogens is 2. The highest BCUT2D eigenvalue weighted by Gasteiger charge is 2.20. The molecule has 21 heavy (non-hydrogen) atoms. The summed E-state index contributed by atoms with van der Waals surface area (Å²) in [6.07, 6.45) is 6.82. The summed E-state index contributed by atoms with van der Waals surface area (Å²) in [5, 5.41) is 8.55. The Morgan fingerprint density at radius 2 is 2.14 bits per heavy atom. The molecule has 0 saturated heterocycles. The number of hydrogen-bond donors (Lipinski definition) is 1. The number of fused-ring (bicyclic) bond motifs is 1.